The van der Waals surface area contributed by atoms with Crippen molar-refractivity contribution >= 4 is 16.7 Å². The molecule has 4 heteroatoms. The third-order valence-corrected chi connectivity index (χ3v) is 2.91. The van der Waals surface area contributed by atoms with E-state index in [1.807, 2.05) is 12.3 Å². The van der Waals surface area contributed by atoms with Crippen LogP contribution >= 0.6 is 0 Å². The maximum absolute atomic E-state index is 6.11. The molecule has 0 aromatic carbocycles. The van der Waals surface area contributed by atoms with Crippen LogP contribution in [0.4, 0.5) is 5.69 Å². The summed E-state index contributed by atoms with van der Waals surface area (Å²) in [4.78, 5) is 7.79. The average molecular weight is 232 g/mol. The Morgan fingerprint density at radius 2 is 2.24 bits per heavy atom. The molecule has 2 aromatic heterocycles. The van der Waals surface area contributed by atoms with Gasteiger partial charge in [0.2, 0.25) is 0 Å². The van der Waals surface area contributed by atoms with Crippen molar-refractivity contribution in [3.8, 4) is 0 Å². The summed E-state index contributed by atoms with van der Waals surface area (Å²) in [7, 11) is 0. The Morgan fingerprint density at radius 1 is 1.47 bits per heavy atom. The first-order valence-corrected chi connectivity index (χ1v) is 6.14. The molecule has 0 radical (unpaired) electrons. The quantitative estimate of drug-likeness (QED) is 0.629. The normalized spacial score (nSPS) is 11.4. The van der Waals surface area contributed by atoms with Gasteiger partial charge in [0.25, 0.3) is 0 Å². The van der Waals surface area contributed by atoms with Gasteiger partial charge in [0.1, 0.15) is 5.65 Å². The van der Waals surface area contributed by atoms with Crippen molar-refractivity contribution in [3.05, 3.63) is 24.0 Å². The zero-order valence-corrected chi connectivity index (χ0v) is 10.7. The summed E-state index contributed by atoms with van der Waals surface area (Å²) < 4.78 is 0. The van der Waals surface area contributed by atoms with E-state index in [2.05, 4.69) is 36.8 Å². The van der Waals surface area contributed by atoms with Gasteiger partial charge < -0.3 is 9.99 Å². The van der Waals surface area contributed by atoms with Crippen molar-refractivity contribution in [1.29, 1.82) is 0 Å². The van der Waals surface area contributed by atoms with Crippen LogP contribution in [-0.4, -0.2) is 16.0 Å². The molecule has 2 rings (SSSR count). The fraction of sp³-hybridized carbons (Fsp3) is 0.462. The first-order chi connectivity index (χ1) is 8.13. The highest BCUT2D eigenvalue weighted by atomic mass is 15.4. The number of aromatic amines is 1. The van der Waals surface area contributed by atoms with Crippen molar-refractivity contribution in [1.82, 2.24) is 9.97 Å². The molecule has 0 unspecified atom stereocenters. The van der Waals surface area contributed by atoms with Crippen LogP contribution in [0.15, 0.2) is 18.3 Å². The second-order valence-electron chi connectivity index (χ2n) is 4.62. The Balaban J connectivity index is 2.52. The lowest BCUT2D eigenvalue weighted by molar-refractivity contribution is 0.702. The molecule has 0 amide bonds. The lowest BCUT2D eigenvalue weighted by Gasteiger charge is -2.25. The minimum atomic E-state index is 0.267. The number of aryl methyl sites for hydroxylation is 1. The van der Waals surface area contributed by atoms with Crippen LogP contribution in [0, 0.1) is 0 Å². The zero-order chi connectivity index (χ0) is 12.4. The zero-order valence-electron chi connectivity index (χ0n) is 10.7. The number of rotatable bonds is 4. The van der Waals surface area contributed by atoms with Crippen LogP contribution < -0.4 is 10.9 Å². The monoisotopic (exact) mass is 232 g/mol. The highest BCUT2D eigenvalue weighted by molar-refractivity contribution is 5.80. The molecule has 0 bridgehead atoms. The van der Waals surface area contributed by atoms with Crippen LogP contribution in [-0.2, 0) is 6.42 Å². The summed E-state index contributed by atoms with van der Waals surface area (Å²) in [6.07, 6.45) is 3.93. The number of anilines is 1. The second kappa shape index (κ2) is 4.75. The van der Waals surface area contributed by atoms with Gasteiger partial charge in [-0.3, -0.25) is 0 Å². The Labute approximate surface area is 102 Å². The molecule has 92 valence electrons. The van der Waals surface area contributed by atoms with Crippen molar-refractivity contribution in [2.24, 2.45) is 5.84 Å². The molecular weight excluding hydrogens is 212 g/mol. The summed E-state index contributed by atoms with van der Waals surface area (Å²) in [6.45, 7) is 6.31. The summed E-state index contributed by atoms with van der Waals surface area (Å²) >= 11 is 0. The number of nitrogens with two attached hydrogens (primary N) is 1. The molecule has 3 N–H and O–H groups in total. The number of hydrogen-bond acceptors (Lipinski definition) is 3. The maximum atomic E-state index is 6.11. The fourth-order valence-electron chi connectivity index (χ4n) is 1.93. The summed E-state index contributed by atoms with van der Waals surface area (Å²) in [5.74, 6) is 6.11. The first kappa shape index (κ1) is 11.9. The number of hydrazine groups is 1. The minimum Gasteiger partial charge on any atom is -0.346 e. The van der Waals surface area contributed by atoms with E-state index >= 15 is 0 Å². The minimum absolute atomic E-state index is 0.267. The van der Waals surface area contributed by atoms with Gasteiger partial charge in [-0.25, -0.2) is 10.8 Å². The molecule has 0 aliphatic rings. The molecule has 17 heavy (non-hydrogen) atoms. The number of nitrogens with zero attached hydrogens (tertiary/aromatic N) is 2. The molecule has 0 aliphatic heterocycles. The molecule has 0 saturated heterocycles. The van der Waals surface area contributed by atoms with E-state index < -0.39 is 0 Å². The highest BCUT2D eigenvalue weighted by Gasteiger charge is 2.13. The van der Waals surface area contributed by atoms with Gasteiger partial charge >= 0.3 is 0 Å². The van der Waals surface area contributed by atoms with Gasteiger partial charge in [0, 0.05) is 17.6 Å². The molecule has 0 atom stereocenters. The number of aromatic nitrogens is 2. The third-order valence-electron chi connectivity index (χ3n) is 2.91. The molecule has 2 aromatic rings. The van der Waals surface area contributed by atoms with Gasteiger partial charge in [0.05, 0.1) is 11.4 Å². The van der Waals surface area contributed by atoms with Crippen LogP contribution in [0.2, 0.25) is 0 Å². The average Bonchev–Trinajstić information content (AvgIpc) is 2.74. The lowest BCUT2D eigenvalue weighted by Crippen LogP contribution is -2.38. The fourth-order valence-corrected chi connectivity index (χ4v) is 1.93. The smallest absolute Gasteiger partial charge is 0.137 e. The van der Waals surface area contributed by atoms with Gasteiger partial charge in [0.15, 0.2) is 0 Å². The van der Waals surface area contributed by atoms with Crippen molar-refractivity contribution < 1.29 is 0 Å². The van der Waals surface area contributed by atoms with Gasteiger partial charge in [-0.1, -0.05) is 13.3 Å². The van der Waals surface area contributed by atoms with Crippen LogP contribution in [0.5, 0.6) is 0 Å². The number of fused-ring (bicyclic) bond motifs is 1. The van der Waals surface area contributed by atoms with Crippen molar-refractivity contribution in [2.75, 3.05) is 5.01 Å². The molecular formula is C13H20N4. The third kappa shape index (κ3) is 2.26. The van der Waals surface area contributed by atoms with Gasteiger partial charge in [-0.2, -0.15) is 0 Å². The van der Waals surface area contributed by atoms with E-state index in [0.717, 1.165) is 35.3 Å². The summed E-state index contributed by atoms with van der Waals surface area (Å²) in [5.41, 5.74) is 3.04. The van der Waals surface area contributed by atoms with E-state index in [4.69, 9.17) is 5.84 Å². The van der Waals surface area contributed by atoms with Crippen LogP contribution in [0.25, 0.3) is 11.0 Å². The standard InChI is InChI=1S/C13H20N4/c1-4-5-11-12(17(14)9(2)3)8-10-6-7-15-13(10)16-11/h6-9H,4-5,14H2,1-3H3,(H,15,16). The molecule has 4 nitrogen and oxygen atoms in total. The number of H-pyrrole nitrogens is 1. The largest absolute Gasteiger partial charge is 0.346 e. The predicted octanol–water partition coefficient (Wildman–Crippen LogP) is 2.60. The van der Waals surface area contributed by atoms with Crippen LogP contribution in [0.3, 0.4) is 0 Å². The molecule has 0 saturated carbocycles. The molecule has 0 spiro atoms. The van der Waals surface area contributed by atoms with Gasteiger partial charge in [-0.05, 0) is 32.4 Å². The highest BCUT2D eigenvalue weighted by Crippen LogP contribution is 2.24. The first-order valence-electron chi connectivity index (χ1n) is 6.14. The van der Waals surface area contributed by atoms with E-state index in [1.165, 1.54) is 0 Å². The SMILES string of the molecule is CCCc1nc2[nH]ccc2cc1N(N)C(C)C. The number of nitrogens with one attached hydrogen (secondary N) is 1. The van der Waals surface area contributed by atoms with Crippen molar-refractivity contribution in [3.63, 3.8) is 0 Å². The topological polar surface area (TPSA) is 57.9 Å². The summed E-state index contributed by atoms with van der Waals surface area (Å²) in [6, 6.07) is 4.41. The molecule has 0 fully saturated rings. The number of pyridine rings is 1. The van der Waals surface area contributed by atoms with Gasteiger partial charge in [-0.15, -0.1) is 0 Å². The summed E-state index contributed by atoms with van der Waals surface area (Å²) in [5, 5.41) is 2.90. The number of hydrogen-bond donors (Lipinski definition) is 2. The predicted molar refractivity (Wildman–Crippen MR) is 71.9 cm³/mol. The van der Waals surface area contributed by atoms with E-state index in [0.29, 0.717) is 0 Å². The van der Waals surface area contributed by atoms with Crippen molar-refractivity contribution in [2.45, 2.75) is 39.7 Å². The Kier molecular flexibility index (Phi) is 3.33. The Hall–Kier alpha value is -1.55. The lowest BCUT2D eigenvalue weighted by atomic mass is 10.1. The maximum Gasteiger partial charge on any atom is 0.137 e. The second-order valence-corrected chi connectivity index (χ2v) is 4.62. The van der Waals surface area contributed by atoms with E-state index in [9.17, 15) is 0 Å². The Morgan fingerprint density at radius 3 is 2.88 bits per heavy atom. The van der Waals surface area contributed by atoms with Crippen LogP contribution in [0.1, 0.15) is 32.9 Å². The van der Waals surface area contributed by atoms with E-state index in [1.54, 1.807) is 5.01 Å². The van der Waals surface area contributed by atoms with E-state index in [-0.39, 0.29) is 6.04 Å². The Bertz CT molecular complexity index is 501. The molecule has 2 heterocycles. The molecule has 0 aliphatic carbocycles.